The van der Waals surface area contributed by atoms with Crippen molar-refractivity contribution in [3.8, 4) is 33.4 Å². The summed E-state index contributed by atoms with van der Waals surface area (Å²) in [6.07, 6.45) is 0. The standard InChI is InChI=1S/C21H18.C15H15N/c1-21(2)19-11-7-6-10-17(19)18-13-12-16(14-20(18)21)15-8-4-3-5-9-15;1-15(2)13-6-4-3-5-11(13)12-9-10(16)7-8-14(12)15/h3-14H,1-2H3;3-9H,16H2,1-2H3. The van der Waals surface area contributed by atoms with Gasteiger partial charge in [-0.25, -0.2) is 0 Å². The highest BCUT2D eigenvalue weighted by molar-refractivity contribution is 5.84. The lowest BCUT2D eigenvalue weighted by Gasteiger charge is -2.22. The minimum atomic E-state index is 0.0801. The minimum absolute atomic E-state index is 0.0801. The minimum Gasteiger partial charge on any atom is -0.399 e. The normalized spacial score (nSPS) is 15.0. The van der Waals surface area contributed by atoms with Crippen LogP contribution >= 0.6 is 0 Å². The first kappa shape index (κ1) is 23.3. The largest absolute Gasteiger partial charge is 0.399 e. The Morgan fingerprint density at radius 1 is 0.405 bits per heavy atom. The summed E-state index contributed by atoms with van der Waals surface area (Å²) in [5.74, 6) is 0. The van der Waals surface area contributed by atoms with Gasteiger partial charge in [-0.2, -0.15) is 0 Å². The van der Waals surface area contributed by atoms with E-state index in [2.05, 4.69) is 137 Å². The lowest BCUT2D eigenvalue weighted by molar-refractivity contribution is 0.660. The zero-order chi connectivity index (χ0) is 25.8. The molecule has 0 amide bonds. The molecule has 5 aromatic carbocycles. The molecule has 0 saturated heterocycles. The Hall–Kier alpha value is -4.10. The van der Waals surface area contributed by atoms with Crippen molar-refractivity contribution >= 4 is 5.69 Å². The fourth-order valence-corrected chi connectivity index (χ4v) is 6.25. The highest BCUT2D eigenvalue weighted by atomic mass is 14.5. The lowest BCUT2D eigenvalue weighted by atomic mass is 9.81. The van der Waals surface area contributed by atoms with Gasteiger partial charge in [0.05, 0.1) is 0 Å². The molecule has 0 fully saturated rings. The van der Waals surface area contributed by atoms with Gasteiger partial charge in [-0.1, -0.05) is 125 Å². The Balaban J connectivity index is 0.000000141. The van der Waals surface area contributed by atoms with Crippen molar-refractivity contribution in [2.75, 3.05) is 5.73 Å². The van der Waals surface area contributed by atoms with E-state index in [1.165, 1.54) is 55.6 Å². The molecule has 7 rings (SSSR count). The average Bonchev–Trinajstić information content (AvgIpc) is 3.29. The summed E-state index contributed by atoms with van der Waals surface area (Å²) in [5, 5.41) is 0. The molecule has 2 aliphatic rings. The van der Waals surface area contributed by atoms with E-state index in [-0.39, 0.29) is 10.8 Å². The first-order chi connectivity index (χ1) is 17.8. The van der Waals surface area contributed by atoms with Crippen LogP contribution in [0.3, 0.4) is 0 Å². The van der Waals surface area contributed by atoms with Crippen LogP contribution < -0.4 is 5.73 Å². The van der Waals surface area contributed by atoms with Crippen molar-refractivity contribution in [2.45, 2.75) is 38.5 Å². The van der Waals surface area contributed by atoms with Crippen molar-refractivity contribution in [1.29, 1.82) is 0 Å². The molecule has 2 aliphatic carbocycles. The molecule has 1 nitrogen and oxygen atoms in total. The zero-order valence-electron chi connectivity index (χ0n) is 22.0. The van der Waals surface area contributed by atoms with Gasteiger partial charge in [-0.3, -0.25) is 0 Å². The Morgan fingerprint density at radius 3 is 1.59 bits per heavy atom. The van der Waals surface area contributed by atoms with Gasteiger partial charge >= 0.3 is 0 Å². The second-order valence-electron chi connectivity index (χ2n) is 11.3. The summed E-state index contributed by atoms with van der Waals surface area (Å²) in [6, 6.07) is 41.1. The quantitative estimate of drug-likeness (QED) is 0.238. The van der Waals surface area contributed by atoms with Crippen molar-refractivity contribution in [2.24, 2.45) is 0 Å². The second-order valence-corrected chi connectivity index (χ2v) is 11.3. The molecule has 0 saturated carbocycles. The van der Waals surface area contributed by atoms with E-state index < -0.39 is 0 Å². The van der Waals surface area contributed by atoms with Gasteiger partial charge in [0, 0.05) is 16.5 Å². The fourth-order valence-electron chi connectivity index (χ4n) is 6.25. The highest BCUT2D eigenvalue weighted by Crippen LogP contribution is 2.50. The molecule has 0 spiro atoms. The van der Waals surface area contributed by atoms with Crippen LogP contribution in [0.25, 0.3) is 33.4 Å². The Labute approximate surface area is 220 Å². The number of benzene rings is 5. The number of hydrogen-bond donors (Lipinski definition) is 1. The van der Waals surface area contributed by atoms with Crippen LogP contribution in [0.1, 0.15) is 49.9 Å². The Bertz CT molecular complexity index is 1620. The molecule has 0 atom stereocenters. The molecular formula is C36H33N. The van der Waals surface area contributed by atoms with E-state index in [9.17, 15) is 0 Å². The van der Waals surface area contributed by atoms with Crippen LogP contribution in [-0.4, -0.2) is 0 Å². The smallest absolute Gasteiger partial charge is 0.0320 e. The summed E-state index contributed by atoms with van der Waals surface area (Å²) in [5.41, 5.74) is 20.5. The van der Waals surface area contributed by atoms with Gasteiger partial charge in [-0.05, 0) is 73.8 Å². The van der Waals surface area contributed by atoms with E-state index in [0.29, 0.717) is 0 Å². The monoisotopic (exact) mass is 479 g/mol. The topological polar surface area (TPSA) is 26.0 Å². The molecule has 0 bridgehead atoms. The maximum absolute atomic E-state index is 5.88. The zero-order valence-corrected chi connectivity index (χ0v) is 22.0. The first-order valence-electron chi connectivity index (χ1n) is 13.1. The summed E-state index contributed by atoms with van der Waals surface area (Å²) >= 11 is 0. The molecule has 0 aliphatic heterocycles. The third-order valence-electron chi connectivity index (χ3n) is 8.30. The molecule has 5 aromatic rings. The second kappa shape index (κ2) is 8.49. The third kappa shape index (κ3) is 3.69. The Kier molecular flexibility index (Phi) is 5.35. The van der Waals surface area contributed by atoms with Gasteiger partial charge in [0.1, 0.15) is 0 Å². The van der Waals surface area contributed by atoms with Crippen molar-refractivity contribution in [1.82, 2.24) is 0 Å². The van der Waals surface area contributed by atoms with E-state index in [1.54, 1.807) is 0 Å². The summed E-state index contributed by atoms with van der Waals surface area (Å²) in [7, 11) is 0. The van der Waals surface area contributed by atoms with Crippen LogP contribution in [0.15, 0.2) is 115 Å². The van der Waals surface area contributed by atoms with Gasteiger partial charge in [0.2, 0.25) is 0 Å². The van der Waals surface area contributed by atoms with Crippen LogP contribution in [-0.2, 0) is 10.8 Å². The van der Waals surface area contributed by atoms with Crippen molar-refractivity contribution in [3.05, 3.63) is 138 Å². The molecule has 0 aromatic heterocycles. The molecular weight excluding hydrogens is 446 g/mol. The molecule has 37 heavy (non-hydrogen) atoms. The van der Waals surface area contributed by atoms with E-state index in [0.717, 1.165) is 5.69 Å². The maximum atomic E-state index is 5.88. The van der Waals surface area contributed by atoms with Crippen molar-refractivity contribution in [3.63, 3.8) is 0 Å². The number of hydrogen-bond acceptors (Lipinski definition) is 1. The Morgan fingerprint density at radius 2 is 0.919 bits per heavy atom. The number of rotatable bonds is 1. The number of anilines is 1. The molecule has 0 unspecified atom stereocenters. The number of fused-ring (bicyclic) bond motifs is 6. The molecule has 0 heterocycles. The summed E-state index contributed by atoms with van der Waals surface area (Å²) in [6.45, 7) is 9.20. The lowest BCUT2D eigenvalue weighted by Crippen LogP contribution is -2.14. The van der Waals surface area contributed by atoms with E-state index in [1.807, 2.05) is 6.07 Å². The fraction of sp³-hybridized carbons (Fsp3) is 0.167. The van der Waals surface area contributed by atoms with Gasteiger partial charge in [-0.15, -0.1) is 0 Å². The van der Waals surface area contributed by atoms with E-state index in [4.69, 9.17) is 5.73 Å². The third-order valence-corrected chi connectivity index (χ3v) is 8.30. The van der Waals surface area contributed by atoms with Gasteiger partial charge < -0.3 is 5.73 Å². The van der Waals surface area contributed by atoms with E-state index >= 15 is 0 Å². The number of nitrogens with two attached hydrogens (primary N) is 1. The van der Waals surface area contributed by atoms with Crippen LogP contribution in [0.2, 0.25) is 0 Å². The van der Waals surface area contributed by atoms with Gasteiger partial charge in [0.15, 0.2) is 0 Å². The predicted molar refractivity (Wildman–Crippen MR) is 158 cm³/mol. The first-order valence-corrected chi connectivity index (χ1v) is 13.1. The summed E-state index contributed by atoms with van der Waals surface area (Å²) < 4.78 is 0. The van der Waals surface area contributed by atoms with Gasteiger partial charge in [0.25, 0.3) is 0 Å². The van der Waals surface area contributed by atoms with Crippen molar-refractivity contribution < 1.29 is 0 Å². The van der Waals surface area contributed by atoms with Crippen LogP contribution in [0.5, 0.6) is 0 Å². The highest BCUT2D eigenvalue weighted by Gasteiger charge is 2.36. The van der Waals surface area contributed by atoms with Crippen LogP contribution in [0.4, 0.5) is 5.69 Å². The molecule has 182 valence electrons. The molecule has 2 N–H and O–H groups in total. The SMILES string of the molecule is CC1(C)c2ccccc2-c2cc(N)ccc21.CC1(C)c2ccccc2-c2ccc(-c3ccccc3)cc21. The average molecular weight is 480 g/mol. The van der Waals surface area contributed by atoms with Crippen LogP contribution in [0, 0.1) is 0 Å². The predicted octanol–water partition coefficient (Wildman–Crippen LogP) is 9.23. The summed E-state index contributed by atoms with van der Waals surface area (Å²) in [4.78, 5) is 0. The molecule has 0 radical (unpaired) electrons. The number of nitrogen functional groups attached to an aromatic ring is 1. The molecule has 1 heteroatoms. The maximum Gasteiger partial charge on any atom is 0.0320 e.